The van der Waals surface area contributed by atoms with Crippen LogP contribution in [0, 0.1) is 0 Å². The molecule has 4 nitrogen and oxygen atoms in total. The summed E-state index contributed by atoms with van der Waals surface area (Å²) in [5.41, 5.74) is 3.80. The molecule has 2 N–H and O–H groups in total. The molecule has 0 atom stereocenters. The van der Waals surface area contributed by atoms with E-state index in [0.29, 0.717) is 5.71 Å². The Hall–Kier alpha value is -2.53. The molecule has 0 aliphatic carbocycles. The zero-order valence-electron chi connectivity index (χ0n) is 14.8. The van der Waals surface area contributed by atoms with Crippen molar-refractivity contribution in [3.63, 3.8) is 0 Å². The van der Waals surface area contributed by atoms with Crippen LogP contribution in [0.2, 0.25) is 0 Å². The van der Waals surface area contributed by atoms with Gasteiger partial charge in [0, 0.05) is 10.5 Å². The van der Waals surface area contributed by atoms with Crippen LogP contribution >= 0.6 is 11.8 Å². The predicted octanol–water partition coefficient (Wildman–Crippen LogP) is 5.05. The van der Waals surface area contributed by atoms with E-state index >= 15 is 0 Å². The van der Waals surface area contributed by atoms with Gasteiger partial charge in [0.1, 0.15) is 5.71 Å². The van der Waals surface area contributed by atoms with Crippen molar-refractivity contribution in [1.29, 1.82) is 0 Å². The van der Waals surface area contributed by atoms with Gasteiger partial charge in [-0.25, -0.2) is 4.79 Å². The first-order chi connectivity index (χ1) is 12.4. The van der Waals surface area contributed by atoms with Gasteiger partial charge in [0.25, 0.3) is 0 Å². The van der Waals surface area contributed by atoms with Crippen LogP contribution < -0.4 is 0 Å². The van der Waals surface area contributed by atoms with Crippen molar-refractivity contribution in [3.8, 4) is 0 Å². The van der Waals surface area contributed by atoms with Crippen molar-refractivity contribution in [2.24, 2.45) is 5.16 Å². The zero-order chi connectivity index (χ0) is 18.7. The summed E-state index contributed by atoms with van der Waals surface area (Å²) in [6.07, 6.45) is 4.66. The van der Waals surface area contributed by atoms with Crippen LogP contribution in [-0.2, 0) is 5.41 Å². The van der Waals surface area contributed by atoms with E-state index in [0.717, 1.165) is 23.3 Å². The number of hydrogen-bond acceptors (Lipinski definition) is 4. The van der Waals surface area contributed by atoms with Crippen LogP contribution in [0.4, 0.5) is 0 Å². The van der Waals surface area contributed by atoms with Crippen molar-refractivity contribution in [2.75, 3.05) is 5.75 Å². The molecule has 5 heteroatoms. The monoisotopic (exact) mass is 367 g/mol. The Kier molecular flexibility index (Phi) is 5.18. The molecule has 0 bridgehead atoms. The summed E-state index contributed by atoms with van der Waals surface area (Å²) in [4.78, 5) is 12.2. The Morgan fingerprint density at radius 3 is 2.50 bits per heavy atom. The van der Waals surface area contributed by atoms with Crippen LogP contribution in [0.15, 0.2) is 58.6 Å². The van der Waals surface area contributed by atoms with E-state index in [9.17, 15) is 10.0 Å². The molecule has 0 unspecified atom stereocenters. The second-order valence-electron chi connectivity index (χ2n) is 6.94. The Balaban J connectivity index is 1.87. The van der Waals surface area contributed by atoms with Gasteiger partial charge in [0.05, 0.1) is 5.56 Å². The number of carboxylic acid groups (broad SMARTS) is 1. The van der Waals surface area contributed by atoms with Crippen molar-refractivity contribution >= 4 is 29.5 Å². The van der Waals surface area contributed by atoms with Gasteiger partial charge < -0.3 is 10.3 Å². The van der Waals surface area contributed by atoms with Gasteiger partial charge >= 0.3 is 5.97 Å². The average Bonchev–Trinajstić information content (AvgIpc) is 2.63. The SMILES string of the molecule is CC1(C)CCSc2ccc(C(/C=C/c3ccc(C(=O)O)cc3)=N/O)cc21. The lowest BCUT2D eigenvalue weighted by atomic mass is 9.81. The number of carboxylic acids is 1. The summed E-state index contributed by atoms with van der Waals surface area (Å²) in [5.74, 6) is 0.166. The molecule has 2 aromatic rings. The Labute approximate surface area is 157 Å². The van der Waals surface area contributed by atoms with Gasteiger partial charge in [-0.05, 0) is 59.1 Å². The molecule has 1 heterocycles. The molecule has 0 radical (unpaired) electrons. The van der Waals surface area contributed by atoms with E-state index in [1.165, 1.54) is 10.5 Å². The molecule has 0 spiro atoms. The lowest BCUT2D eigenvalue weighted by Gasteiger charge is -2.32. The highest BCUT2D eigenvalue weighted by molar-refractivity contribution is 7.99. The molecule has 0 saturated carbocycles. The highest BCUT2D eigenvalue weighted by atomic mass is 32.2. The summed E-state index contributed by atoms with van der Waals surface area (Å²) < 4.78 is 0. The predicted molar refractivity (Wildman–Crippen MR) is 106 cm³/mol. The fourth-order valence-electron chi connectivity index (χ4n) is 2.99. The molecule has 1 aliphatic heterocycles. The number of hydrogen-bond donors (Lipinski definition) is 2. The van der Waals surface area contributed by atoms with Crippen LogP contribution in [0.1, 0.15) is 47.3 Å². The van der Waals surface area contributed by atoms with Crippen molar-refractivity contribution in [2.45, 2.75) is 30.6 Å². The van der Waals surface area contributed by atoms with Gasteiger partial charge in [-0.15, -0.1) is 11.8 Å². The third kappa shape index (κ3) is 3.83. The number of fused-ring (bicyclic) bond motifs is 1. The molecule has 0 fully saturated rings. The third-order valence-electron chi connectivity index (χ3n) is 4.69. The number of oxime groups is 1. The standard InChI is InChI=1S/C21H21NO3S/c1-21(2)11-12-26-19-10-8-16(13-17(19)21)18(22-25)9-5-14-3-6-15(7-4-14)20(23)24/h3-10,13,25H,11-12H2,1-2H3,(H,23,24)/b9-5+,22-18+. The number of thioether (sulfide) groups is 1. The maximum absolute atomic E-state index is 10.9. The summed E-state index contributed by atoms with van der Waals surface area (Å²) >= 11 is 1.86. The molecular formula is C21H21NO3S. The highest BCUT2D eigenvalue weighted by Crippen LogP contribution is 2.41. The van der Waals surface area contributed by atoms with E-state index in [2.05, 4.69) is 31.1 Å². The van der Waals surface area contributed by atoms with E-state index < -0.39 is 5.97 Å². The zero-order valence-corrected chi connectivity index (χ0v) is 15.6. The number of aromatic carboxylic acids is 1. The Bertz CT molecular complexity index is 883. The summed E-state index contributed by atoms with van der Waals surface area (Å²) in [5, 5.41) is 21.9. The van der Waals surface area contributed by atoms with Gasteiger partial charge in [-0.1, -0.05) is 43.3 Å². The fourth-order valence-corrected chi connectivity index (χ4v) is 4.48. The van der Waals surface area contributed by atoms with E-state index in [1.807, 2.05) is 17.8 Å². The molecular weight excluding hydrogens is 346 g/mol. The second kappa shape index (κ2) is 7.38. The molecule has 134 valence electrons. The van der Waals surface area contributed by atoms with Gasteiger partial charge in [0.2, 0.25) is 0 Å². The molecule has 0 amide bonds. The largest absolute Gasteiger partial charge is 0.478 e. The highest BCUT2D eigenvalue weighted by Gasteiger charge is 2.28. The minimum Gasteiger partial charge on any atom is -0.478 e. The van der Waals surface area contributed by atoms with Crippen LogP contribution in [0.5, 0.6) is 0 Å². The number of benzene rings is 2. The van der Waals surface area contributed by atoms with Gasteiger partial charge in [0.15, 0.2) is 0 Å². The van der Waals surface area contributed by atoms with Crippen molar-refractivity contribution in [1.82, 2.24) is 0 Å². The Morgan fingerprint density at radius 1 is 1.15 bits per heavy atom. The summed E-state index contributed by atoms with van der Waals surface area (Å²) in [7, 11) is 0. The minimum absolute atomic E-state index is 0.105. The van der Waals surface area contributed by atoms with E-state index in [4.69, 9.17) is 5.11 Å². The second-order valence-corrected chi connectivity index (χ2v) is 8.08. The molecule has 0 aromatic heterocycles. The first-order valence-corrected chi connectivity index (χ1v) is 9.40. The first kappa shape index (κ1) is 18.3. The van der Waals surface area contributed by atoms with Crippen molar-refractivity contribution < 1.29 is 15.1 Å². The lowest BCUT2D eigenvalue weighted by molar-refractivity contribution is 0.0697. The maximum Gasteiger partial charge on any atom is 0.335 e. The molecule has 0 saturated heterocycles. The lowest BCUT2D eigenvalue weighted by Crippen LogP contribution is -2.23. The van der Waals surface area contributed by atoms with Crippen molar-refractivity contribution in [3.05, 3.63) is 70.8 Å². The molecule has 1 aliphatic rings. The van der Waals surface area contributed by atoms with E-state index in [-0.39, 0.29) is 11.0 Å². The van der Waals surface area contributed by atoms with E-state index in [1.54, 1.807) is 36.4 Å². The third-order valence-corrected chi connectivity index (χ3v) is 5.76. The number of rotatable bonds is 4. The van der Waals surface area contributed by atoms with Crippen LogP contribution in [-0.4, -0.2) is 27.7 Å². The first-order valence-electron chi connectivity index (χ1n) is 8.42. The van der Waals surface area contributed by atoms with Gasteiger partial charge in [-0.2, -0.15) is 0 Å². The average molecular weight is 367 g/mol. The number of nitrogens with zero attached hydrogens (tertiary/aromatic N) is 1. The summed E-state index contributed by atoms with van der Waals surface area (Å²) in [6, 6.07) is 12.7. The molecule has 26 heavy (non-hydrogen) atoms. The van der Waals surface area contributed by atoms with Crippen LogP contribution in [0.3, 0.4) is 0 Å². The normalized spacial score (nSPS) is 16.5. The minimum atomic E-state index is -0.951. The smallest absolute Gasteiger partial charge is 0.335 e. The number of allylic oxidation sites excluding steroid dienone is 1. The topological polar surface area (TPSA) is 69.9 Å². The quantitative estimate of drug-likeness (QED) is 0.451. The van der Waals surface area contributed by atoms with Crippen LogP contribution in [0.25, 0.3) is 6.08 Å². The summed E-state index contributed by atoms with van der Waals surface area (Å²) in [6.45, 7) is 4.48. The van der Waals surface area contributed by atoms with Gasteiger partial charge in [-0.3, -0.25) is 0 Å². The maximum atomic E-state index is 10.9. The fraction of sp³-hybridized carbons (Fsp3) is 0.238. The number of carbonyl (C=O) groups is 1. The molecule has 3 rings (SSSR count). The molecule has 2 aromatic carbocycles. The Morgan fingerprint density at radius 2 is 1.85 bits per heavy atom.